The molecular formula is C4H20B12S-. The number of hydrogen-bond donors (Lipinski definition) is 0. The number of unbranched alkanes of at least 4 members (excludes halogenated alkanes) is 1. The Morgan fingerprint density at radius 3 is 1.88 bits per heavy atom. The normalized spacial score (nSPS) is 10.0. The molecule has 0 fully saturated rings. The molecule has 0 rings (SSSR count). The molecule has 0 saturated carbocycles. The molecular weight excluding hydrogens is 200 g/mol. The average Bonchev–Trinajstić information content (AvgIpc) is 2.23. The van der Waals surface area contributed by atoms with Gasteiger partial charge in [0.05, 0.1) is 0 Å². The van der Waals surface area contributed by atoms with E-state index in [1.165, 1.54) is 18.6 Å². The summed E-state index contributed by atoms with van der Waals surface area (Å²) in [6.07, 6.45) is 3.92. The van der Waals surface area contributed by atoms with E-state index in [9.17, 15) is 0 Å². The van der Waals surface area contributed by atoms with Crippen molar-refractivity contribution in [1.29, 1.82) is 0 Å². The third kappa shape index (κ3) is 6.73. The summed E-state index contributed by atoms with van der Waals surface area (Å²) in [7, 11) is 17.5. The van der Waals surface area contributed by atoms with E-state index in [1.54, 1.807) is 0 Å². The molecule has 0 amide bonds. The molecule has 0 spiro atoms. The van der Waals surface area contributed by atoms with E-state index in [4.69, 9.17) is 7.74 Å². The first-order valence-electron chi connectivity index (χ1n) is 7.07. The van der Waals surface area contributed by atoms with Gasteiger partial charge in [-0.15, -0.1) is 0 Å². The maximum atomic E-state index is 5.96. The van der Waals surface area contributed by atoms with E-state index >= 15 is 0 Å². The van der Waals surface area contributed by atoms with Crippen molar-refractivity contribution in [3.63, 3.8) is 0 Å². The second kappa shape index (κ2) is 9.10. The fraction of sp³-hybridized carbons (Fsp3) is 1.00. The maximum absolute atomic E-state index is 5.96. The average molecular weight is 220 g/mol. The Hall–Kier alpha value is 1.13. The van der Waals surface area contributed by atoms with Gasteiger partial charge in [0.2, 0.25) is 0 Å². The molecule has 0 atom stereocenters. The standard InChI is InChI=1S/C4H20B12S/c1-2-3-4-17(12-14(6)7,13-15(8)9)16(10)11-5/h11H,2-4,6-10H2,1H3/q-1/i5-1,6-1,7-1,8-1,9-1,10-1,11-1,12-1,13-1,14-1,15-1,16-1. The van der Waals surface area contributed by atoms with Crippen LogP contribution in [0.5, 0.6) is 0 Å². The van der Waals surface area contributed by atoms with Crippen LogP contribution < -0.4 is 0 Å². The zero-order valence-electron chi connectivity index (χ0n) is 12.7. The van der Waals surface area contributed by atoms with Crippen LogP contribution in [0.1, 0.15) is 19.8 Å². The van der Waals surface area contributed by atoms with Crippen molar-refractivity contribution in [3.8, 4) is 0 Å². The second-order valence-corrected chi connectivity index (χ2v) is 9.35. The minimum atomic E-state index is -0.761. The molecule has 13 heteroatoms. The van der Waals surface area contributed by atoms with Gasteiger partial charge in [-0.3, -0.25) is 0 Å². The molecule has 0 nitrogen and oxygen atoms in total. The number of rotatable bonds is 7. The third-order valence-electron chi connectivity index (χ3n) is 2.98. The van der Waals surface area contributed by atoms with E-state index in [0.29, 0.717) is 18.5 Å². The predicted octanol–water partition coefficient (Wildman–Crippen LogP) is -5.53. The van der Waals surface area contributed by atoms with Gasteiger partial charge in [-0.1, -0.05) is 0 Å². The first-order valence-corrected chi connectivity index (χ1v) is 9.06. The fourth-order valence-corrected chi connectivity index (χ4v) is 6.71. The molecule has 0 aromatic heterocycles. The van der Waals surface area contributed by atoms with E-state index < -0.39 is 8.73 Å². The van der Waals surface area contributed by atoms with Gasteiger partial charge in [-0.05, 0) is 0 Å². The molecule has 3 radical (unpaired) electrons. The van der Waals surface area contributed by atoms with Crippen molar-refractivity contribution < 1.29 is 0 Å². The van der Waals surface area contributed by atoms with E-state index in [1.807, 2.05) is 0 Å². The Kier molecular flexibility index (Phi) is 9.70. The van der Waals surface area contributed by atoms with Crippen LogP contribution in [0.3, 0.4) is 0 Å². The molecule has 79 valence electrons. The Bertz CT molecular complexity index is 294. The van der Waals surface area contributed by atoms with Crippen LogP contribution >= 0.6 is 8.73 Å². The third-order valence-corrected chi connectivity index (χ3v) is 7.77. The molecule has 0 aliphatic rings. The Morgan fingerprint density at radius 1 is 1.12 bits per heavy atom. The molecule has 0 unspecified atom stereocenters. The van der Waals surface area contributed by atoms with E-state index in [0.717, 1.165) is 7.06 Å². The first-order chi connectivity index (χ1) is 7.88. The van der Waals surface area contributed by atoms with Gasteiger partial charge < -0.3 is 0 Å². The Morgan fingerprint density at radius 2 is 1.59 bits per heavy atom. The minimum absolute atomic E-state index is 0.624. The van der Waals surface area contributed by atoms with Gasteiger partial charge in [0.25, 0.3) is 0 Å². The van der Waals surface area contributed by atoms with Crippen LogP contribution in [-0.4, -0.2) is 89.9 Å². The molecule has 0 heterocycles. The van der Waals surface area contributed by atoms with Gasteiger partial charge in [0, 0.05) is 0 Å². The molecule has 0 aromatic carbocycles. The summed E-state index contributed by atoms with van der Waals surface area (Å²) < 4.78 is 0. The van der Waals surface area contributed by atoms with Crippen LogP contribution in [0.2, 0.25) is 0 Å². The Labute approximate surface area is 118 Å². The molecule has 0 bridgehead atoms. The summed E-state index contributed by atoms with van der Waals surface area (Å²) in [4.78, 5) is 0. The quantitative estimate of drug-likeness (QED) is 0.376. The molecule has 17 heavy (non-hydrogen) atoms. The van der Waals surface area contributed by atoms with Crippen molar-refractivity contribution >= 4 is 92.9 Å². The van der Waals surface area contributed by atoms with Gasteiger partial charge in [-0.25, -0.2) is 0 Å². The molecule has 0 aliphatic heterocycles. The van der Waals surface area contributed by atoms with Crippen LogP contribution in [-0.2, 0) is 0 Å². The van der Waals surface area contributed by atoms with Crippen LogP contribution in [0.15, 0.2) is 0 Å². The number of hydrogen-bond acceptors (Lipinski definition) is 0. The summed E-state index contributed by atoms with van der Waals surface area (Å²) in [5.41, 5.74) is 0. The zero-order chi connectivity index (χ0) is 13.5. The molecule has 0 N–H and O–H groups in total. The zero-order valence-corrected chi connectivity index (χ0v) is 13.5. The Balaban J connectivity index is 5.54. The monoisotopic (exact) mass is 220 g/mol. The molecule has 0 aliphatic carbocycles. The van der Waals surface area contributed by atoms with Crippen molar-refractivity contribution in [1.82, 2.24) is 0 Å². The summed E-state index contributed by atoms with van der Waals surface area (Å²) in [5.74, 6) is 1.96. The van der Waals surface area contributed by atoms with Gasteiger partial charge in [-0.2, -0.15) is 0 Å². The van der Waals surface area contributed by atoms with Gasteiger partial charge >= 0.3 is 118 Å². The van der Waals surface area contributed by atoms with Crippen LogP contribution in [0.4, 0.5) is 0 Å². The summed E-state index contributed by atoms with van der Waals surface area (Å²) in [5, 5.41) is 0. The SMILES string of the molecule is [10B-][10BH][10B]([10BH2])S(=[10B][10B]([10BH2])[10BH2])(=[10B][10B]([10BH2])[10BH2])CCCC. The van der Waals surface area contributed by atoms with Crippen molar-refractivity contribution in [2.24, 2.45) is 0 Å². The summed E-state index contributed by atoms with van der Waals surface area (Å²) >= 11 is 0. The van der Waals surface area contributed by atoms with Gasteiger partial charge in [0.15, 0.2) is 0 Å². The van der Waals surface area contributed by atoms with Crippen molar-refractivity contribution in [2.75, 3.05) is 5.75 Å². The predicted molar refractivity (Wildman–Crippen MR) is 112 cm³/mol. The van der Waals surface area contributed by atoms with E-state index in [2.05, 4.69) is 57.7 Å². The van der Waals surface area contributed by atoms with E-state index in [-0.39, 0.29) is 0 Å². The summed E-state index contributed by atoms with van der Waals surface area (Å²) in [6, 6.07) is 5.22. The van der Waals surface area contributed by atoms with Gasteiger partial charge in [0.1, 0.15) is 0 Å². The van der Waals surface area contributed by atoms with Crippen LogP contribution in [0.25, 0.3) is 0 Å². The van der Waals surface area contributed by atoms with Crippen LogP contribution in [0, 0.1) is 0 Å². The second-order valence-electron chi connectivity index (χ2n) is 5.77. The topological polar surface area (TPSA) is 0 Å². The first kappa shape index (κ1) is 18.1. The molecule has 0 aromatic rings. The summed E-state index contributed by atoms with van der Waals surface area (Å²) in [6.45, 7) is 2.28. The molecule has 0 saturated heterocycles. The fourth-order valence-electron chi connectivity index (χ4n) is 2.24. The van der Waals surface area contributed by atoms with Crippen molar-refractivity contribution in [3.05, 3.63) is 0 Å². The van der Waals surface area contributed by atoms with Crippen molar-refractivity contribution in [2.45, 2.75) is 19.8 Å².